The molecule has 15 atom stereocenters. The first-order valence-electron chi connectivity index (χ1n) is 19.3. The van der Waals surface area contributed by atoms with Gasteiger partial charge in [0.25, 0.3) is 0 Å². The van der Waals surface area contributed by atoms with E-state index in [0.29, 0.717) is 0 Å². The summed E-state index contributed by atoms with van der Waals surface area (Å²) in [6.07, 6.45) is -10.3. The highest BCUT2D eigenvalue weighted by atomic mass is 31.2. The summed E-state index contributed by atoms with van der Waals surface area (Å²) >= 11 is 0. The van der Waals surface area contributed by atoms with Crippen LogP contribution in [0.25, 0.3) is 0 Å². The molecule has 9 rings (SSSR count). The molecule has 3 unspecified atom stereocenters. The molecule has 0 spiro atoms. The molecule has 55 heavy (non-hydrogen) atoms. The van der Waals surface area contributed by atoms with Gasteiger partial charge in [-0.15, -0.1) is 0 Å². The van der Waals surface area contributed by atoms with Gasteiger partial charge in [0.05, 0.1) is 19.8 Å². The first-order valence-corrected chi connectivity index (χ1v) is 20.4. The zero-order valence-corrected chi connectivity index (χ0v) is 34.5. The molecule has 0 aromatic heterocycles. The van der Waals surface area contributed by atoms with Gasteiger partial charge in [0.15, 0.2) is 53.6 Å². The molecule has 0 saturated carbocycles. The minimum absolute atomic E-state index is 0.259. The van der Waals surface area contributed by atoms with E-state index in [-0.39, 0.29) is 19.8 Å². The molecule has 0 aromatic rings. The Morgan fingerprint density at radius 3 is 0.855 bits per heavy atom. The predicted octanol–water partition coefficient (Wildman–Crippen LogP) is 3.45. The monoisotopic (exact) mass is 808 g/mol. The van der Waals surface area contributed by atoms with Crippen LogP contribution in [0, 0.1) is 0 Å². The van der Waals surface area contributed by atoms with Crippen LogP contribution in [0.5, 0.6) is 0 Å². The van der Waals surface area contributed by atoms with Gasteiger partial charge >= 0.3 is 8.60 Å². The van der Waals surface area contributed by atoms with Crippen LogP contribution < -0.4 is 0 Å². The summed E-state index contributed by atoms with van der Waals surface area (Å²) in [5.74, 6) is -5.36. The normalized spacial score (nSPS) is 50.1. The van der Waals surface area contributed by atoms with E-state index in [1.807, 2.05) is 83.1 Å². The Labute approximate surface area is 322 Å². The number of hydrogen-bond acceptors (Lipinski definition) is 18. The van der Waals surface area contributed by atoms with E-state index in [4.69, 9.17) is 84.6 Å². The van der Waals surface area contributed by atoms with Gasteiger partial charge in [0.1, 0.15) is 73.2 Å². The van der Waals surface area contributed by atoms with Crippen LogP contribution >= 0.6 is 8.60 Å². The standard InChI is InChI=1S/C36H57O18P/c1-31(2)37-13-16(43-31)19-22(25-28(40-19)49-34(7,8)46-25)52-55(53-23-20(17-14-38-32(3,4)44-17)41-29-26(23)47-35(9,10)50-29)54-24-21(18-15-39-33(5,6)45-18)42-30-27(24)48-36(11,12)51-30/h16-30H,13-15H2,1-12H3/t16?,17?,18?,19-,20-,21-,22+,23+,24+,25-,26-,27-,28-,29-,30-,55?/m1/s1. The van der Waals surface area contributed by atoms with Gasteiger partial charge in [0.2, 0.25) is 0 Å². The zero-order chi connectivity index (χ0) is 39.1. The summed E-state index contributed by atoms with van der Waals surface area (Å²) in [6.45, 7) is 22.8. The maximum absolute atomic E-state index is 7.05. The predicted molar refractivity (Wildman–Crippen MR) is 182 cm³/mol. The summed E-state index contributed by atoms with van der Waals surface area (Å²) in [5.41, 5.74) is 0. The van der Waals surface area contributed by atoms with E-state index in [9.17, 15) is 0 Å². The van der Waals surface area contributed by atoms with E-state index >= 15 is 0 Å². The van der Waals surface area contributed by atoms with Crippen LogP contribution in [0.2, 0.25) is 0 Å². The van der Waals surface area contributed by atoms with E-state index in [2.05, 4.69) is 0 Å². The number of fused-ring (bicyclic) bond motifs is 3. The first-order chi connectivity index (χ1) is 25.5. The summed E-state index contributed by atoms with van der Waals surface area (Å²) in [5, 5.41) is 0. The quantitative estimate of drug-likeness (QED) is 0.311. The number of rotatable bonds is 9. The van der Waals surface area contributed by atoms with Crippen LogP contribution in [0.15, 0.2) is 0 Å². The van der Waals surface area contributed by atoms with Gasteiger partial charge in [-0.3, -0.25) is 0 Å². The molecule has 0 bridgehead atoms. The Balaban J connectivity index is 1.06. The van der Waals surface area contributed by atoms with Crippen molar-refractivity contribution in [3.8, 4) is 0 Å². The first kappa shape index (κ1) is 40.1. The third-order valence-electron chi connectivity index (χ3n) is 10.9. The zero-order valence-electron chi connectivity index (χ0n) is 33.6. The van der Waals surface area contributed by atoms with Crippen LogP contribution in [0.1, 0.15) is 83.1 Å². The second kappa shape index (κ2) is 13.6. The third kappa shape index (κ3) is 7.91. The van der Waals surface area contributed by atoms with Gasteiger partial charge in [-0.1, -0.05) is 0 Å². The highest BCUT2D eigenvalue weighted by molar-refractivity contribution is 7.41. The molecule has 0 N–H and O–H groups in total. The van der Waals surface area contributed by atoms with E-state index in [1.165, 1.54) is 0 Å². The van der Waals surface area contributed by atoms with E-state index in [0.717, 1.165) is 0 Å². The fourth-order valence-electron chi connectivity index (χ4n) is 8.77. The SMILES string of the molecule is CC1(C)OCC([C@H]2O[C@@H]3OC(C)(C)O[C@@H]3[C@H]2OP(O[C@@H]2[C@H]3OC(C)(C)O[C@H]3O[C@@H]2C2COC(C)(C)O2)O[C@@H]2[C@H]3OC(C)(C)O[C@H]3O[C@@H]2C2COC(C)(C)O2)O1. The van der Waals surface area contributed by atoms with Crippen molar-refractivity contribution in [3.63, 3.8) is 0 Å². The lowest BCUT2D eigenvalue weighted by Crippen LogP contribution is -2.47. The van der Waals surface area contributed by atoms with Crippen LogP contribution in [0.4, 0.5) is 0 Å². The second-order valence-electron chi connectivity index (χ2n) is 18.2. The third-order valence-corrected chi connectivity index (χ3v) is 12.1. The van der Waals surface area contributed by atoms with Gasteiger partial charge < -0.3 is 84.6 Å². The summed E-state index contributed by atoms with van der Waals surface area (Å²) in [7, 11) is -2.39. The Morgan fingerprint density at radius 2 is 0.618 bits per heavy atom. The average Bonchev–Trinajstić information content (AvgIpc) is 3.92. The molecule has 0 radical (unpaired) electrons. The fraction of sp³-hybridized carbons (Fsp3) is 1.00. The molecule has 19 heteroatoms. The Kier molecular flexibility index (Phi) is 9.93. The molecule has 0 aliphatic carbocycles. The lowest BCUT2D eigenvalue weighted by atomic mass is 10.1. The fourth-order valence-corrected chi connectivity index (χ4v) is 10.2. The Morgan fingerprint density at radius 1 is 0.345 bits per heavy atom. The Hall–Kier alpha value is -0.290. The van der Waals surface area contributed by atoms with Crippen molar-refractivity contribution in [1.29, 1.82) is 0 Å². The summed E-state index contributed by atoms with van der Waals surface area (Å²) in [4.78, 5) is 0. The molecule has 0 aromatic carbocycles. The molecule has 9 aliphatic rings. The minimum Gasteiger partial charge on any atom is -0.348 e. The number of hydrogen-bond donors (Lipinski definition) is 0. The number of ether oxygens (including phenoxy) is 15. The van der Waals surface area contributed by atoms with Crippen molar-refractivity contribution in [2.24, 2.45) is 0 Å². The molecule has 9 fully saturated rings. The maximum Gasteiger partial charge on any atom is 0.334 e. The molecular weight excluding hydrogens is 751 g/mol. The molecule has 0 amide bonds. The van der Waals surface area contributed by atoms with Crippen molar-refractivity contribution in [2.45, 2.75) is 210 Å². The smallest absolute Gasteiger partial charge is 0.334 e. The van der Waals surface area contributed by atoms with Gasteiger partial charge in [0, 0.05) is 0 Å². The largest absolute Gasteiger partial charge is 0.348 e. The van der Waals surface area contributed by atoms with Gasteiger partial charge in [-0.25, -0.2) is 0 Å². The molecule has 9 heterocycles. The van der Waals surface area contributed by atoms with Crippen molar-refractivity contribution >= 4 is 8.60 Å². The van der Waals surface area contributed by atoms with Crippen molar-refractivity contribution in [1.82, 2.24) is 0 Å². The van der Waals surface area contributed by atoms with Gasteiger partial charge in [-0.05, 0) is 83.1 Å². The van der Waals surface area contributed by atoms with Crippen molar-refractivity contribution in [2.75, 3.05) is 19.8 Å². The lowest BCUT2D eigenvalue weighted by Gasteiger charge is -2.35. The van der Waals surface area contributed by atoms with Gasteiger partial charge in [-0.2, -0.15) is 0 Å². The highest BCUT2D eigenvalue weighted by Crippen LogP contribution is 2.56. The minimum atomic E-state index is -2.39. The Bertz CT molecular complexity index is 1280. The molecule has 9 saturated heterocycles. The second-order valence-corrected chi connectivity index (χ2v) is 19.3. The summed E-state index contributed by atoms with van der Waals surface area (Å²) < 4.78 is 115. The lowest BCUT2D eigenvalue weighted by molar-refractivity contribution is -0.236. The van der Waals surface area contributed by atoms with Crippen LogP contribution in [0.3, 0.4) is 0 Å². The highest BCUT2D eigenvalue weighted by Gasteiger charge is 2.65. The van der Waals surface area contributed by atoms with E-state index in [1.54, 1.807) is 0 Å². The summed E-state index contributed by atoms with van der Waals surface area (Å²) in [6, 6.07) is 0. The molecule has 314 valence electrons. The molecule has 18 nitrogen and oxygen atoms in total. The van der Waals surface area contributed by atoms with Crippen LogP contribution in [-0.4, -0.2) is 147 Å². The van der Waals surface area contributed by atoms with E-state index < -0.39 is 135 Å². The van der Waals surface area contributed by atoms with Crippen molar-refractivity contribution in [3.05, 3.63) is 0 Å². The molecular formula is C36H57O18P. The molecule has 9 aliphatic heterocycles. The van der Waals surface area contributed by atoms with Crippen LogP contribution in [-0.2, 0) is 84.6 Å². The topological polar surface area (TPSA) is 166 Å². The average molecular weight is 809 g/mol. The maximum atomic E-state index is 7.05. The van der Waals surface area contributed by atoms with Crippen molar-refractivity contribution < 1.29 is 84.6 Å².